The number of nitrogens with zero attached hydrogens (tertiary/aromatic N) is 3. The molecule has 32 heavy (non-hydrogen) atoms. The standard InChI is InChI=1S/C29H43N3/c1-22-27-13-12-24(19-28(27)31-23(2)30-22)11-9-7-5-6-8-10-17-32(4)18-16-29(3)15-14-25-20-26(25)21-29/h12-14,19,26H,5-11,15-18,20-21H2,1-4H3. The van der Waals surface area contributed by atoms with Gasteiger partial charge in [0, 0.05) is 11.1 Å². The van der Waals surface area contributed by atoms with Crippen LogP contribution >= 0.6 is 0 Å². The van der Waals surface area contributed by atoms with Gasteiger partial charge >= 0.3 is 0 Å². The third-order valence-electron chi connectivity index (χ3n) is 7.86. The molecule has 3 heteroatoms. The largest absolute Gasteiger partial charge is 0.306 e. The summed E-state index contributed by atoms with van der Waals surface area (Å²) in [5.74, 6) is 1.83. The van der Waals surface area contributed by atoms with Gasteiger partial charge in [0.15, 0.2) is 0 Å². The second-order valence-corrected chi connectivity index (χ2v) is 11.0. The van der Waals surface area contributed by atoms with E-state index in [9.17, 15) is 0 Å². The minimum Gasteiger partial charge on any atom is -0.306 e. The summed E-state index contributed by atoms with van der Waals surface area (Å²) < 4.78 is 0. The van der Waals surface area contributed by atoms with E-state index in [1.54, 1.807) is 5.57 Å². The normalized spacial score (nSPS) is 22.3. The predicted octanol–water partition coefficient (Wildman–Crippen LogP) is 7.20. The van der Waals surface area contributed by atoms with Crippen LogP contribution in [-0.4, -0.2) is 35.0 Å². The van der Waals surface area contributed by atoms with Gasteiger partial charge in [-0.2, -0.15) is 0 Å². The summed E-state index contributed by atoms with van der Waals surface area (Å²) in [7, 11) is 2.32. The van der Waals surface area contributed by atoms with Crippen molar-refractivity contribution in [3.05, 3.63) is 46.9 Å². The lowest BCUT2D eigenvalue weighted by Crippen LogP contribution is -2.28. The molecule has 2 atom stereocenters. The highest BCUT2D eigenvalue weighted by atomic mass is 15.1. The van der Waals surface area contributed by atoms with Crippen molar-refractivity contribution in [2.45, 2.75) is 91.4 Å². The molecule has 1 aromatic heterocycles. The maximum absolute atomic E-state index is 4.62. The van der Waals surface area contributed by atoms with Crippen LogP contribution in [0.2, 0.25) is 0 Å². The molecule has 1 saturated carbocycles. The molecule has 1 heterocycles. The van der Waals surface area contributed by atoms with Crippen LogP contribution in [0.15, 0.2) is 29.8 Å². The zero-order valence-corrected chi connectivity index (χ0v) is 20.9. The molecular weight excluding hydrogens is 390 g/mol. The molecule has 2 unspecified atom stereocenters. The Bertz CT molecular complexity index is 947. The van der Waals surface area contributed by atoms with Crippen molar-refractivity contribution in [1.82, 2.24) is 14.9 Å². The molecule has 2 aromatic rings. The molecule has 1 aromatic carbocycles. The fourth-order valence-electron chi connectivity index (χ4n) is 5.56. The molecule has 0 saturated heterocycles. The van der Waals surface area contributed by atoms with E-state index in [-0.39, 0.29) is 0 Å². The number of aryl methyl sites for hydroxylation is 3. The molecular formula is C29H43N3. The number of allylic oxidation sites excluding steroid dienone is 2. The number of fused-ring (bicyclic) bond motifs is 2. The van der Waals surface area contributed by atoms with Gasteiger partial charge in [0.25, 0.3) is 0 Å². The molecule has 0 spiro atoms. The summed E-state index contributed by atoms with van der Waals surface area (Å²) in [4.78, 5) is 11.7. The third kappa shape index (κ3) is 6.41. The lowest BCUT2D eigenvalue weighted by atomic mass is 9.76. The summed E-state index contributed by atoms with van der Waals surface area (Å²) in [6.07, 6.45) is 17.3. The first kappa shape index (κ1) is 23.4. The first-order valence-corrected chi connectivity index (χ1v) is 13.0. The summed E-state index contributed by atoms with van der Waals surface area (Å²) in [5.41, 5.74) is 5.92. The van der Waals surface area contributed by atoms with E-state index in [0.29, 0.717) is 5.41 Å². The van der Waals surface area contributed by atoms with Crippen molar-refractivity contribution < 1.29 is 0 Å². The Labute approximate surface area is 195 Å². The molecule has 0 aliphatic heterocycles. The molecule has 3 nitrogen and oxygen atoms in total. The zero-order chi connectivity index (χ0) is 22.6. The molecule has 4 rings (SSSR count). The van der Waals surface area contributed by atoms with E-state index < -0.39 is 0 Å². The summed E-state index contributed by atoms with van der Waals surface area (Å²) >= 11 is 0. The Morgan fingerprint density at radius 3 is 2.59 bits per heavy atom. The smallest absolute Gasteiger partial charge is 0.126 e. The van der Waals surface area contributed by atoms with Gasteiger partial charge in [-0.1, -0.05) is 56.4 Å². The van der Waals surface area contributed by atoms with Gasteiger partial charge in [0.1, 0.15) is 5.82 Å². The van der Waals surface area contributed by atoms with Gasteiger partial charge in [-0.15, -0.1) is 0 Å². The lowest BCUT2D eigenvalue weighted by molar-refractivity contribution is 0.205. The van der Waals surface area contributed by atoms with Crippen molar-refractivity contribution in [2.75, 3.05) is 20.1 Å². The zero-order valence-electron chi connectivity index (χ0n) is 20.9. The van der Waals surface area contributed by atoms with Crippen LogP contribution in [-0.2, 0) is 6.42 Å². The van der Waals surface area contributed by atoms with Crippen molar-refractivity contribution in [2.24, 2.45) is 11.3 Å². The number of hydrogen-bond acceptors (Lipinski definition) is 3. The summed E-state index contributed by atoms with van der Waals surface area (Å²) in [6.45, 7) is 9.10. The number of hydrogen-bond donors (Lipinski definition) is 0. The number of aromatic nitrogens is 2. The molecule has 0 N–H and O–H groups in total. The Kier molecular flexibility index (Phi) is 7.66. The minimum absolute atomic E-state index is 0.564. The van der Waals surface area contributed by atoms with Crippen molar-refractivity contribution in [3.63, 3.8) is 0 Å². The predicted molar refractivity (Wildman–Crippen MR) is 136 cm³/mol. The summed E-state index contributed by atoms with van der Waals surface area (Å²) in [6, 6.07) is 6.72. The molecule has 0 amide bonds. The first-order valence-electron chi connectivity index (χ1n) is 13.0. The number of unbranched alkanes of at least 4 members (excludes halogenated alkanes) is 5. The quantitative estimate of drug-likeness (QED) is 0.262. The first-order chi connectivity index (χ1) is 15.4. The van der Waals surface area contributed by atoms with Crippen LogP contribution in [0.3, 0.4) is 0 Å². The van der Waals surface area contributed by atoms with Crippen molar-refractivity contribution in [1.29, 1.82) is 0 Å². The van der Waals surface area contributed by atoms with E-state index in [1.807, 2.05) is 6.92 Å². The lowest BCUT2D eigenvalue weighted by Gasteiger charge is -2.32. The fourth-order valence-corrected chi connectivity index (χ4v) is 5.56. The van der Waals surface area contributed by atoms with Crippen LogP contribution < -0.4 is 0 Å². The highest BCUT2D eigenvalue weighted by Gasteiger charge is 2.40. The molecule has 1 fully saturated rings. The van der Waals surface area contributed by atoms with Gasteiger partial charge in [-0.3, -0.25) is 0 Å². The minimum atomic E-state index is 0.564. The highest BCUT2D eigenvalue weighted by Crippen LogP contribution is 2.53. The molecule has 0 bridgehead atoms. The topological polar surface area (TPSA) is 29.0 Å². The Hall–Kier alpha value is -1.74. The van der Waals surface area contributed by atoms with Gasteiger partial charge in [0.2, 0.25) is 0 Å². The summed E-state index contributed by atoms with van der Waals surface area (Å²) in [5, 5.41) is 1.19. The maximum atomic E-state index is 4.62. The van der Waals surface area contributed by atoms with Gasteiger partial charge in [-0.05, 0) is 102 Å². The average molecular weight is 434 g/mol. The Balaban J connectivity index is 1.04. The van der Waals surface area contributed by atoms with Gasteiger partial charge in [0.05, 0.1) is 5.52 Å². The van der Waals surface area contributed by atoms with Crippen molar-refractivity contribution >= 4 is 10.9 Å². The molecule has 2 aliphatic carbocycles. The van der Waals surface area contributed by atoms with E-state index in [2.05, 4.69) is 60.0 Å². The van der Waals surface area contributed by atoms with Crippen LogP contribution in [0.4, 0.5) is 0 Å². The number of rotatable bonds is 12. The van der Waals surface area contributed by atoms with E-state index in [0.717, 1.165) is 29.4 Å². The van der Waals surface area contributed by atoms with Crippen LogP contribution in [0.25, 0.3) is 10.9 Å². The van der Waals surface area contributed by atoms with Gasteiger partial charge in [-0.25, -0.2) is 9.97 Å². The fraction of sp³-hybridized carbons (Fsp3) is 0.655. The maximum Gasteiger partial charge on any atom is 0.126 e. The molecule has 174 valence electrons. The van der Waals surface area contributed by atoms with Crippen molar-refractivity contribution in [3.8, 4) is 0 Å². The Morgan fingerprint density at radius 2 is 1.78 bits per heavy atom. The average Bonchev–Trinajstić information content (AvgIpc) is 3.52. The monoisotopic (exact) mass is 433 g/mol. The van der Waals surface area contributed by atoms with Crippen LogP contribution in [0, 0.1) is 25.2 Å². The second-order valence-electron chi connectivity index (χ2n) is 11.0. The SMILES string of the molecule is Cc1nc(C)c2ccc(CCCCCCCCN(C)CCC3(C)CC=C4CC4C3)cc2n1. The number of benzene rings is 1. The molecule has 0 radical (unpaired) electrons. The molecule has 2 aliphatic rings. The van der Waals surface area contributed by atoms with Gasteiger partial charge < -0.3 is 4.90 Å². The van der Waals surface area contributed by atoms with Crippen LogP contribution in [0.5, 0.6) is 0 Å². The second kappa shape index (κ2) is 10.5. The van der Waals surface area contributed by atoms with E-state index in [4.69, 9.17) is 0 Å². The van der Waals surface area contributed by atoms with Crippen LogP contribution in [0.1, 0.15) is 88.2 Å². The van der Waals surface area contributed by atoms with E-state index >= 15 is 0 Å². The third-order valence-corrected chi connectivity index (χ3v) is 7.86. The highest BCUT2D eigenvalue weighted by molar-refractivity contribution is 5.81. The van der Waals surface area contributed by atoms with E-state index in [1.165, 1.54) is 88.2 Å². The Morgan fingerprint density at radius 1 is 1.00 bits per heavy atom.